The molecule has 1 N–H and O–H groups in total. The third-order valence-corrected chi connectivity index (χ3v) is 5.83. The lowest BCUT2D eigenvalue weighted by molar-refractivity contribution is -0.143. The summed E-state index contributed by atoms with van der Waals surface area (Å²) in [4.78, 5) is 27.5. The molecular formula is C24H31BrN2O4. The average molecular weight is 491 g/mol. The summed E-state index contributed by atoms with van der Waals surface area (Å²) in [7, 11) is 1.61. The number of ether oxygens (including phenoxy) is 2. The third-order valence-electron chi connectivity index (χ3n) is 4.94. The van der Waals surface area contributed by atoms with Crippen LogP contribution >= 0.6 is 15.9 Å². The fourth-order valence-electron chi connectivity index (χ4n) is 3.15. The molecule has 1 atom stereocenters. The summed E-state index contributed by atoms with van der Waals surface area (Å²) < 4.78 is 11.9. The maximum atomic E-state index is 13.2. The fourth-order valence-corrected chi connectivity index (χ4v) is 3.39. The number of halogens is 1. The first-order valence-electron chi connectivity index (χ1n) is 10.5. The standard InChI is InChI=1S/C24H31BrN2O4/c1-5-13-26-24(29)22(6-2)27(15-18-7-9-19(30-4)10-8-18)23(28)16-31-20-11-12-21(25)17(3)14-20/h7-12,14,22H,5-6,13,15-16H2,1-4H3,(H,26,29). The molecule has 0 heterocycles. The molecule has 6 nitrogen and oxygen atoms in total. The molecule has 0 saturated heterocycles. The SMILES string of the molecule is CCCNC(=O)C(CC)N(Cc1ccc(OC)cc1)C(=O)COc1ccc(Br)c(C)c1. The highest BCUT2D eigenvalue weighted by Gasteiger charge is 2.28. The molecular weight excluding hydrogens is 460 g/mol. The van der Waals surface area contributed by atoms with Crippen LogP contribution in [0.25, 0.3) is 0 Å². The second-order valence-corrected chi connectivity index (χ2v) is 8.14. The molecule has 2 aromatic rings. The van der Waals surface area contributed by atoms with Gasteiger partial charge in [0.05, 0.1) is 7.11 Å². The smallest absolute Gasteiger partial charge is 0.261 e. The highest BCUT2D eigenvalue weighted by atomic mass is 79.9. The van der Waals surface area contributed by atoms with Crippen molar-refractivity contribution in [2.24, 2.45) is 0 Å². The molecule has 2 rings (SSSR count). The lowest BCUT2D eigenvalue weighted by Gasteiger charge is -2.30. The Morgan fingerprint density at radius 3 is 2.35 bits per heavy atom. The molecule has 0 bridgehead atoms. The first-order valence-corrected chi connectivity index (χ1v) is 11.3. The molecule has 168 valence electrons. The summed E-state index contributed by atoms with van der Waals surface area (Å²) in [5.41, 5.74) is 1.93. The Morgan fingerprint density at radius 1 is 1.10 bits per heavy atom. The Balaban J connectivity index is 2.19. The number of methoxy groups -OCH3 is 1. The Morgan fingerprint density at radius 2 is 1.77 bits per heavy atom. The van der Waals surface area contributed by atoms with E-state index < -0.39 is 6.04 Å². The van der Waals surface area contributed by atoms with E-state index in [0.29, 0.717) is 25.3 Å². The van der Waals surface area contributed by atoms with Crippen molar-refractivity contribution in [2.75, 3.05) is 20.3 Å². The zero-order valence-corrected chi connectivity index (χ0v) is 20.2. The molecule has 2 aromatic carbocycles. The number of hydrogen-bond acceptors (Lipinski definition) is 4. The van der Waals surface area contributed by atoms with Gasteiger partial charge < -0.3 is 19.7 Å². The minimum Gasteiger partial charge on any atom is -0.497 e. The normalized spacial score (nSPS) is 11.5. The summed E-state index contributed by atoms with van der Waals surface area (Å²) in [5.74, 6) is 0.964. The number of carbonyl (C=O) groups excluding carboxylic acids is 2. The predicted octanol–water partition coefficient (Wildman–Crippen LogP) is 4.48. The number of aryl methyl sites for hydroxylation is 1. The van der Waals surface area contributed by atoms with Crippen LogP contribution in [0.3, 0.4) is 0 Å². The van der Waals surface area contributed by atoms with E-state index in [2.05, 4.69) is 21.2 Å². The van der Waals surface area contributed by atoms with Gasteiger partial charge >= 0.3 is 0 Å². The Kier molecular flexibility index (Phi) is 9.85. The topological polar surface area (TPSA) is 67.9 Å². The van der Waals surface area contributed by atoms with Crippen LogP contribution in [0, 0.1) is 6.92 Å². The Labute approximate surface area is 193 Å². The molecule has 0 aliphatic rings. The molecule has 2 amide bonds. The fraction of sp³-hybridized carbons (Fsp3) is 0.417. The molecule has 7 heteroatoms. The van der Waals surface area contributed by atoms with Crippen molar-refractivity contribution in [3.05, 3.63) is 58.1 Å². The Bertz CT molecular complexity index is 870. The van der Waals surface area contributed by atoms with Crippen molar-refractivity contribution >= 4 is 27.7 Å². The van der Waals surface area contributed by atoms with E-state index in [1.807, 2.05) is 63.2 Å². The summed E-state index contributed by atoms with van der Waals surface area (Å²) in [6.45, 7) is 6.60. The van der Waals surface area contributed by atoms with Crippen LogP contribution in [0.5, 0.6) is 11.5 Å². The van der Waals surface area contributed by atoms with Gasteiger partial charge in [-0.2, -0.15) is 0 Å². The molecule has 0 aliphatic heterocycles. The predicted molar refractivity (Wildman–Crippen MR) is 125 cm³/mol. The zero-order chi connectivity index (χ0) is 22.8. The van der Waals surface area contributed by atoms with Gasteiger partial charge in [0.2, 0.25) is 5.91 Å². The largest absolute Gasteiger partial charge is 0.497 e. The van der Waals surface area contributed by atoms with E-state index in [9.17, 15) is 9.59 Å². The van der Waals surface area contributed by atoms with Gasteiger partial charge in [0, 0.05) is 17.6 Å². The summed E-state index contributed by atoms with van der Waals surface area (Å²) in [5, 5.41) is 2.91. The number of hydrogen-bond donors (Lipinski definition) is 1. The van der Waals surface area contributed by atoms with E-state index >= 15 is 0 Å². The van der Waals surface area contributed by atoms with Gasteiger partial charge in [-0.3, -0.25) is 9.59 Å². The van der Waals surface area contributed by atoms with Crippen LogP contribution in [0.15, 0.2) is 46.9 Å². The monoisotopic (exact) mass is 490 g/mol. The van der Waals surface area contributed by atoms with Crippen LogP contribution in [0.4, 0.5) is 0 Å². The van der Waals surface area contributed by atoms with E-state index in [4.69, 9.17) is 9.47 Å². The lowest BCUT2D eigenvalue weighted by Crippen LogP contribution is -2.50. The lowest BCUT2D eigenvalue weighted by atomic mass is 10.1. The second kappa shape index (κ2) is 12.3. The molecule has 0 radical (unpaired) electrons. The highest BCUT2D eigenvalue weighted by molar-refractivity contribution is 9.10. The van der Waals surface area contributed by atoms with Crippen LogP contribution in [0.2, 0.25) is 0 Å². The summed E-state index contributed by atoms with van der Waals surface area (Å²) in [6, 6.07) is 12.5. The van der Waals surface area contributed by atoms with Gasteiger partial charge in [-0.25, -0.2) is 0 Å². The molecule has 0 aliphatic carbocycles. The molecule has 0 saturated carbocycles. The Hall–Kier alpha value is -2.54. The molecule has 0 fully saturated rings. The number of nitrogens with zero attached hydrogens (tertiary/aromatic N) is 1. The van der Waals surface area contributed by atoms with Crippen molar-refractivity contribution in [1.29, 1.82) is 0 Å². The number of rotatable bonds is 11. The molecule has 1 unspecified atom stereocenters. The summed E-state index contributed by atoms with van der Waals surface area (Å²) >= 11 is 3.46. The van der Waals surface area contributed by atoms with Crippen molar-refractivity contribution in [3.8, 4) is 11.5 Å². The van der Waals surface area contributed by atoms with Crippen LogP contribution < -0.4 is 14.8 Å². The highest BCUT2D eigenvalue weighted by Crippen LogP contribution is 2.22. The second-order valence-electron chi connectivity index (χ2n) is 7.28. The minimum atomic E-state index is -0.573. The minimum absolute atomic E-state index is 0.144. The maximum Gasteiger partial charge on any atom is 0.261 e. The van der Waals surface area contributed by atoms with Gasteiger partial charge in [-0.1, -0.05) is 41.9 Å². The van der Waals surface area contributed by atoms with Crippen LogP contribution in [-0.2, 0) is 16.1 Å². The number of benzene rings is 2. The third kappa shape index (κ3) is 7.28. The molecule has 0 spiro atoms. The van der Waals surface area contributed by atoms with E-state index in [-0.39, 0.29) is 18.4 Å². The molecule has 0 aromatic heterocycles. The average Bonchev–Trinajstić information content (AvgIpc) is 2.78. The maximum absolute atomic E-state index is 13.2. The first-order chi connectivity index (χ1) is 14.9. The van der Waals surface area contributed by atoms with Gasteiger partial charge in [0.25, 0.3) is 5.91 Å². The van der Waals surface area contributed by atoms with Gasteiger partial charge in [0.15, 0.2) is 6.61 Å². The number of carbonyl (C=O) groups is 2. The first kappa shape index (κ1) is 24.7. The van der Waals surface area contributed by atoms with E-state index in [1.165, 1.54) is 0 Å². The number of nitrogens with one attached hydrogen (secondary N) is 1. The van der Waals surface area contributed by atoms with Crippen molar-refractivity contribution < 1.29 is 19.1 Å². The van der Waals surface area contributed by atoms with Crippen molar-refractivity contribution in [3.63, 3.8) is 0 Å². The van der Waals surface area contributed by atoms with Gasteiger partial charge in [-0.05, 0) is 61.2 Å². The van der Waals surface area contributed by atoms with Crippen molar-refractivity contribution in [1.82, 2.24) is 10.2 Å². The van der Waals surface area contributed by atoms with Crippen LogP contribution in [0.1, 0.15) is 37.8 Å². The molecule has 31 heavy (non-hydrogen) atoms. The quantitative estimate of drug-likeness (QED) is 0.504. The van der Waals surface area contributed by atoms with E-state index in [1.54, 1.807) is 12.0 Å². The van der Waals surface area contributed by atoms with E-state index in [0.717, 1.165) is 27.8 Å². The van der Waals surface area contributed by atoms with Crippen molar-refractivity contribution in [2.45, 2.75) is 46.2 Å². The number of amides is 2. The summed E-state index contributed by atoms with van der Waals surface area (Å²) in [6.07, 6.45) is 1.34. The van der Waals surface area contributed by atoms with Gasteiger partial charge in [-0.15, -0.1) is 0 Å². The zero-order valence-electron chi connectivity index (χ0n) is 18.6. The van der Waals surface area contributed by atoms with Gasteiger partial charge in [0.1, 0.15) is 17.5 Å². The van der Waals surface area contributed by atoms with Crippen LogP contribution in [-0.4, -0.2) is 43.0 Å².